The van der Waals surface area contributed by atoms with Gasteiger partial charge in [-0.25, -0.2) is 4.79 Å². The van der Waals surface area contributed by atoms with Crippen LogP contribution in [0.3, 0.4) is 0 Å². The number of hydrogen-bond acceptors (Lipinski definition) is 3. The van der Waals surface area contributed by atoms with E-state index < -0.39 is 5.97 Å². The molecule has 0 bridgehead atoms. The Hall–Kier alpha value is -1.26. The predicted molar refractivity (Wildman–Crippen MR) is 75.0 cm³/mol. The van der Waals surface area contributed by atoms with Crippen LogP contribution in [0.4, 0.5) is 5.69 Å². The third-order valence-corrected chi connectivity index (χ3v) is 3.30. The van der Waals surface area contributed by atoms with E-state index in [1.165, 1.54) is 0 Å². The highest BCUT2D eigenvalue weighted by atomic mass is 35.5. The first kappa shape index (κ1) is 14.8. The van der Waals surface area contributed by atoms with Crippen LogP contribution in [-0.2, 0) is 0 Å². The number of likely N-dealkylation sites (N-methyl/N-ethyl adjacent to an activating group) is 1. The Morgan fingerprint density at radius 3 is 2.17 bits per heavy atom. The Bertz CT molecular complexity index is 386. The first-order valence-corrected chi connectivity index (χ1v) is 6.01. The van der Waals surface area contributed by atoms with Crippen molar-refractivity contribution in [2.45, 2.75) is 6.92 Å². The van der Waals surface area contributed by atoms with E-state index in [0.29, 0.717) is 5.56 Å². The quantitative estimate of drug-likeness (QED) is 0.912. The zero-order chi connectivity index (χ0) is 12.3. The number of carbonyl (C=O) groups is 1. The number of rotatable bonds is 3. The number of nitrogens with zero attached hydrogens (tertiary/aromatic N) is 2. The molecule has 100 valence electrons. The highest BCUT2D eigenvalue weighted by Crippen LogP contribution is 2.17. The topological polar surface area (TPSA) is 43.8 Å². The summed E-state index contributed by atoms with van der Waals surface area (Å²) in [5, 5.41) is 8.83. The van der Waals surface area contributed by atoms with Gasteiger partial charge in [0.25, 0.3) is 0 Å². The third kappa shape index (κ3) is 3.37. The van der Waals surface area contributed by atoms with Crippen molar-refractivity contribution in [2.75, 3.05) is 37.6 Å². The van der Waals surface area contributed by atoms with Gasteiger partial charge in [0.05, 0.1) is 5.56 Å². The molecule has 4 nitrogen and oxygen atoms in total. The van der Waals surface area contributed by atoms with Gasteiger partial charge in [0, 0.05) is 31.9 Å². The second-order valence-corrected chi connectivity index (χ2v) is 4.27. The van der Waals surface area contributed by atoms with E-state index in [1.54, 1.807) is 12.1 Å². The maximum Gasteiger partial charge on any atom is 0.335 e. The lowest BCUT2D eigenvalue weighted by Gasteiger charge is -2.35. The fraction of sp³-hybridized carbons (Fsp3) is 0.462. The molecule has 0 amide bonds. The minimum absolute atomic E-state index is 0. The zero-order valence-corrected chi connectivity index (χ0v) is 11.3. The zero-order valence-electron chi connectivity index (χ0n) is 10.5. The van der Waals surface area contributed by atoms with Gasteiger partial charge in [-0.05, 0) is 30.8 Å². The van der Waals surface area contributed by atoms with E-state index in [4.69, 9.17) is 5.11 Å². The molecule has 1 fully saturated rings. The average molecular weight is 271 g/mol. The van der Waals surface area contributed by atoms with Crippen molar-refractivity contribution < 1.29 is 9.90 Å². The maximum atomic E-state index is 10.8. The Kier molecular flexibility index (Phi) is 5.44. The first-order chi connectivity index (χ1) is 8.20. The van der Waals surface area contributed by atoms with Crippen molar-refractivity contribution >= 4 is 24.1 Å². The molecular weight excluding hydrogens is 252 g/mol. The number of aromatic carboxylic acids is 1. The lowest BCUT2D eigenvalue weighted by Crippen LogP contribution is -2.46. The van der Waals surface area contributed by atoms with Crippen molar-refractivity contribution in [1.82, 2.24) is 4.90 Å². The summed E-state index contributed by atoms with van der Waals surface area (Å²) >= 11 is 0. The van der Waals surface area contributed by atoms with Crippen LogP contribution in [0, 0.1) is 0 Å². The van der Waals surface area contributed by atoms with Crippen LogP contribution in [0.1, 0.15) is 17.3 Å². The first-order valence-electron chi connectivity index (χ1n) is 6.01. The van der Waals surface area contributed by atoms with Gasteiger partial charge in [-0.1, -0.05) is 6.92 Å². The molecule has 1 aromatic carbocycles. The van der Waals surface area contributed by atoms with Crippen LogP contribution >= 0.6 is 12.4 Å². The minimum Gasteiger partial charge on any atom is -0.478 e. The number of benzene rings is 1. The molecule has 1 aliphatic heterocycles. The van der Waals surface area contributed by atoms with Crippen molar-refractivity contribution in [2.24, 2.45) is 0 Å². The monoisotopic (exact) mass is 270 g/mol. The second-order valence-electron chi connectivity index (χ2n) is 4.27. The number of carboxylic acid groups (broad SMARTS) is 1. The van der Waals surface area contributed by atoms with Gasteiger partial charge in [-0.2, -0.15) is 0 Å². The molecule has 1 heterocycles. The summed E-state index contributed by atoms with van der Waals surface area (Å²) in [5.74, 6) is -0.868. The molecule has 0 aromatic heterocycles. The Morgan fingerprint density at radius 1 is 1.17 bits per heavy atom. The minimum atomic E-state index is -0.868. The summed E-state index contributed by atoms with van der Waals surface area (Å²) in [7, 11) is 0. The number of anilines is 1. The standard InChI is InChI=1S/C13H18N2O2.ClH/c1-2-14-7-9-15(10-8-14)12-5-3-11(4-6-12)13(16)17;/h3-6H,2,7-10H2,1H3,(H,16,17);1H. The maximum absolute atomic E-state index is 10.8. The van der Waals surface area contributed by atoms with Crippen molar-refractivity contribution in [3.63, 3.8) is 0 Å². The fourth-order valence-electron chi connectivity index (χ4n) is 2.14. The normalized spacial score (nSPS) is 16.2. The summed E-state index contributed by atoms with van der Waals surface area (Å²) in [5.41, 5.74) is 1.46. The SMILES string of the molecule is CCN1CCN(c2ccc(C(=O)O)cc2)CC1.Cl. The molecule has 1 aliphatic rings. The fourth-order valence-corrected chi connectivity index (χ4v) is 2.14. The largest absolute Gasteiger partial charge is 0.478 e. The number of carboxylic acids is 1. The molecule has 0 spiro atoms. The molecule has 5 heteroatoms. The van der Waals surface area contributed by atoms with Gasteiger partial charge in [-0.3, -0.25) is 0 Å². The van der Waals surface area contributed by atoms with Gasteiger partial charge in [0.15, 0.2) is 0 Å². The lowest BCUT2D eigenvalue weighted by atomic mass is 10.2. The van der Waals surface area contributed by atoms with E-state index in [9.17, 15) is 4.79 Å². The molecule has 0 aliphatic carbocycles. The summed E-state index contributed by atoms with van der Waals surface area (Å²) < 4.78 is 0. The lowest BCUT2D eigenvalue weighted by molar-refractivity contribution is 0.0697. The Balaban J connectivity index is 0.00000162. The molecule has 1 saturated heterocycles. The van der Waals surface area contributed by atoms with Crippen LogP contribution in [-0.4, -0.2) is 48.7 Å². The van der Waals surface area contributed by atoms with Gasteiger partial charge in [0.1, 0.15) is 0 Å². The van der Waals surface area contributed by atoms with Crippen LogP contribution in [0.25, 0.3) is 0 Å². The highest BCUT2D eigenvalue weighted by Gasteiger charge is 2.15. The summed E-state index contributed by atoms with van der Waals surface area (Å²) in [6, 6.07) is 7.13. The van der Waals surface area contributed by atoms with Crippen molar-refractivity contribution in [3.8, 4) is 0 Å². The van der Waals surface area contributed by atoms with Crippen molar-refractivity contribution in [3.05, 3.63) is 29.8 Å². The molecule has 0 atom stereocenters. The molecule has 0 unspecified atom stereocenters. The molecule has 1 N–H and O–H groups in total. The van der Waals surface area contributed by atoms with E-state index in [-0.39, 0.29) is 12.4 Å². The number of piperazine rings is 1. The smallest absolute Gasteiger partial charge is 0.335 e. The van der Waals surface area contributed by atoms with Gasteiger partial charge in [0.2, 0.25) is 0 Å². The van der Waals surface area contributed by atoms with E-state index in [2.05, 4.69) is 16.7 Å². The van der Waals surface area contributed by atoms with Crippen LogP contribution < -0.4 is 4.90 Å². The second kappa shape index (κ2) is 6.61. The number of hydrogen-bond donors (Lipinski definition) is 1. The summed E-state index contributed by atoms with van der Waals surface area (Å²) in [6.07, 6.45) is 0. The molecule has 2 rings (SSSR count). The summed E-state index contributed by atoms with van der Waals surface area (Å²) in [4.78, 5) is 15.5. The van der Waals surface area contributed by atoms with E-state index in [1.807, 2.05) is 12.1 Å². The van der Waals surface area contributed by atoms with Gasteiger partial charge >= 0.3 is 5.97 Å². The average Bonchev–Trinajstić information content (AvgIpc) is 2.39. The Morgan fingerprint density at radius 2 is 1.72 bits per heavy atom. The van der Waals surface area contributed by atoms with Crippen molar-refractivity contribution in [1.29, 1.82) is 0 Å². The van der Waals surface area contributed by atoms with E-state index in [0.717, 1.165) is 38.4 Å². The van der Waals surface area contributed by atoms with Crippen LogP contribution in [0.15, 0.2) is 24.3 Å². The predicted octanol–water partition coefficient (Wildman–Crippen LogP) is 1.95. The van der Waals surface area contributed by atoms with Gasteiger partial charge < -0.3 is 14.9 Å². The highest BCUT2D eigenvalue weighted by molar-refractivity contribution is 5.88. The van der Waals surface area contributed by atoms with E-state index >= 15 is 0 Å². The number of halogens is 1. The molecular formula is C13H19ClN2O2. The molecule has 0 radical (unpaired) electrons. The molecule has 18 heavy (non-hydrogen) atoms. The van der Waals surface area contributed by atoms with Gasteiger partial charge in [-0.15, -0.1) is 12.4 Å². The third-order valence-electron chi connectivity index (χ3n) is 3.30. The Labute approximate surface area is 114 Å². The van der Waals surface area contributed by atoms with Crippen LogP contribution in [0.2, 0.25) is 0 Å². The molecule has 1 aromatic rings. The molecule has 0 saturated carbocycles. The summed E-state index contributed by atoms with van der Waals surface area (Å²) in [6.45, 7) is 7.47. The van der Waals surface area contributed by atoms with Crippen LogP contribution in [0.5, 0.6) is 0 Å².